The van der Waals surface area contributed by atoms with Crippen molar-refractivity contribution in [3.63, 3.8) is 0 Å². The van der Waals surface area contributed by atoms with Crippen molar-refractivity contribution in [2.75, 3.05) is 0 Å². The van der Waals surface area contributed by atoms with Crippen molar-refractivity contribution in [2.45, 2.75) is 51.2 Å². The summed E-state index contributed by atoms with van der Waals surface area (Å²) in [6.45, 7) is 8.26. The van der Waals surface area contributed by atoms with Crippen molar-refractivity contribution in [1.82, 2.24) is 9.99 Å². The van der Waals surface area contributed by atoms with Gasteiger partial charge < -0.3 is 20.7 Å². The minimum atomic E-state index is -0.645. The van der Waals surface area contributed by atoms with Crippen LogP contribution in [0.15, 0.2) is 28.3 Å². The molecular weight excluding hydrogens is 297 g/mol. The van der Waals surface area contributed by atoms with Crippen molar-refractivity contribution in [3.8, 4) is 0 Å². The highest BCUT2D eigenvalue weighted by Gasteiger charge is 2.51. The number of guanidine groups is 1. The number of rotatable bonds is 2. The molecule has 0 spiro atoms. The molecule has 2 rings (SSSR count). The van der Waals surface area contributed by atoms with E-state index < -0.39 is 5.95 Å². The maximum atomic E-state index is 13.2. The van der Waals surface area contributed by atoms with E-state index in [4.69, 9.17) is 5.41 Å². The van der Waals surface area contributed by atoms with E-state index in [9.17, 15) is 4.39 Å². The van der Waals surface area contributed by atoms with Gasteiger partial charge in [0.15, 0.2) is 0 Å². The molecule has 0 aromatic carbocycles. The van der Waals surface area contributed by atoms with Crippen LogP contribution in [0.5, 0.6) is 0 Å². The molecule has 124 valence electrons. The molecular formula is C15H21FN7-. The summed E-state index contributed by atoms with van der Waals surface area (Å²) in [5.41, 5.74) is -0.117. The maximum absolute atomic E-state index is 13.2. The predicted molar refractivity (Wildman–Crippen MR) is 86.7 cm³/mol. The lowest BCUT2D eigenvalue weighted by atomic mass is 9.94. The molecule has 1 unspecified atom stereocenters. The van der Waals surface area contributed by atoms with Crippen LogP contribution in [-0.2, 0) is 0 Å². The fourth-order valence-electron chi connectivity index (χ4n) is 2.84. The van der Waals surface area contributed by atoms with Crippen LogP contribution in [0.1, 0.15) is 34.1 Å². The molecule has 1 fully saturated rings. The van der Waals surface area contributed by atoms with Crippen LogP contribution in [-0.4, -0.2) is 39.1 Å². The fraction of sp³-hybridized carbons (Fsp3) is 0.533. The van der Waals surface area contributed by atoms with Crippen LogP contribution in [0.2, 0.25) is 0 Å². The van der Waals surface area contributed by atoms with E-state index in [0.29, 0.717) is 5.69 Å². The molecule has 1 aliphatic heterocycles. The number of aromatic nitrogens is 1. The molecule has 1 aliphatic rings. The largest absolute Gasteiger partial charge is 0.422 e. The highest BCUT2D eigenvalue weighted by atomic mass is 19.1. The van der Waals surface area contributed by atoms with E-state index in [1.807, 2.05) is 18.9 Å². The van der Waals surface area contributed by atoms with Gasteiger partial charge in [0.1, 0.15) is 0 Å². The molecule has 1 aromatic heterocycles. The van der Waals surface area contributed by atoms with Crippen LogP contribution in [0, 0.1) is 5.95 Å². The molecule has 1 saturated heterocycles. The summed E-state index contributed by atoms with van der Waals surface area (Å²) in [5, 5.41) is 15.4. The zero-order valence-corrected chi connectivity index (χ0v) is 13.8. The van der Waals surface area contributed by atoms with Crippen LogP contribution < -0.4 is 5.84 Å². The topological polar surface area (TPSA) is 105 Å². The van der Waals surface area contributed by atoms with Crippen LogP contribution in [0.4, 0.5) is 10.1 Å². The molecule has 1 atom stereocenters. The minimum absolute atomic E-state index is 0.0299. The Morgan fingerprint density at radius 3 is 2.74 bits per heavy atom. The average molecular weight is 318 g/mol. The van der Waals surface area contributed by atoms with Crippen molar-refractivity contribution in [2.24, 2.45) is 9.98 Å². The van der Waals surface area contributed by atoms with Gasteiger partial charge in [0, 0.05) is 18.3 Å². The molecule has 0 amide bonds. The Balaban J connectivity index is 2.29. The van der Waals surface area contributed by atoms with E-state index in [-0.39, 0.29) is 23.1 Å². The molecule has 8 heteroatoms. The van der Waals surface area contributed by atoms with Gasteiger partial charge in [-0.05, 0) is 51.8 Å². The Morgan fingerprint density at radius 2 is 2.22 bits per heavy atom. The lowest BCUT2D eigenvalue weighted by Gasteiger charge is -2.35. The van der Waals surface area contributed by atoms with Gasteiger partial charge in [-0.1, -0.05) is 0 Å². The fourth-order valence-corrected chi connectivity index (χ4v) is 2.84. The molecule has 0 radical (unpaired) electrons. The Labute approximate surface area is 135 Å². The summed E-state index contributed by atoms with van der Waals surface area (Å²) in [4.78, 5) is 11.3. The standard InChI is InChI=1S/C15H20FN7/c1-14(2)8-11(15(3,4)23(14)18)22-13(20-9-17)21-10-5-6-19-12(16)7-10/h5-7,11H,8,18H2,1-4H3/q-2/p+1. The van der Waals surface area contributed by atoms with Gasteiger partial charge in [0.05, 0.1) is 11.1 Å². The summed E-state index contributed by atoms with van der Waals surface area (Å²) in [6.07, 6.45) is 2.06. The van der Waals surface area contributed by atoms with Gasteiger partial charge in [0.25, 0.3) is 0 Å². The first kappa shape index (κ1) is 17.2. The molecule has 2 heterocycles. The predicted octanol–water partition coefficient (Wildman–Crippen LogP) is 2.11. The zero-order chi connectivity index (χ0) is 17.3. The Hall–Kier alpha value is -2.15. The van der Waals surface area contributed by atoms with Crippen LogP contribution in [0.3, 0.4) is 0 Å². The van der Waals surface area contributed by atoms with E-state index in [0.717, 1.165) is 6.42 Å². The van der Waals surface area contributed by atoms with Crippen molar-refractivity contribution in [1.29, 1.82) is 0 Å². The SMILES string of the molecule is CC1(C)CC([N-]C(N=C=[N-])=Nc2ccnc(F)c2)C(C)(C)N1[NH3+]. The Morgan fingerprint density at radius 1 is 1.52 bits per heavy atom. The third kappa shape index (κ3) is 3.61. The summed E-state index contributed by atoms with van der Waals surface area (Å²) in [5.74, 6) is 3.51. The first-order valence-corrected chi connectivity index (χ1v) is 7.28. The summed E-state index contributed by atoms with van der Waals surface area (Å²) in [6, 6.07) is 4.27. The number of aliphatic imine (C=N–C) groups is 2. The van der Waals surface area contributed by atoms with Gasteiger partial charge >= 0.3 is 0 Å². The normalized spacial score (nSPS) is 23.4. The highest BCUT2D eigenvalue weighted by molar-refractivity contribution is 5.98. The van der Waals surface area contributed by atoms with Crippen molar-refractivity contribution < 1.29 is 10.2 Å². The molecule has 0 aliphatic carbocycles. The van der Waals surface area contributed by atoms with Crippen LogP contribution >= 0.6 is 0 Å². The van der Waals surface area contributed by atoms with E-state index >= 15 is 0 Å². The number of pyridine rings is 1. The molecule has 23 heavy (non-hydrogen) atoms. The number of hydrogen-bond acceptors (Lipinski definition) is 3. The van der Waals surface area contributed by atoms with Crippen molar-refractivity contribution in [3.05, 3.63) is 35.0 Å². The van der Waals surface area contributed by atoms with Gasteiger partial charge in [-0.15, -0.1) is 5.01 Å². The minimum Gasteiger partial charge on any atom is -0.422 e. The van der Waals surface area contributed by atoms with E-state index in [1.54, 1.807) is 6.01 Å². The van der Waals surface area contributed by atoms with Crippen LogP contribution in [0.25, 0.3) is 10.7 Å². The average Bonchev–Trinajstić information content (AvgIpc) is 2.59. The zero-order valence-electron chi connectivity index (χ0n) is 13.8. The monoisotopic (exact) mass is 318 g/mol. The van der Waals surface area contributed by atoms with E-state index in [2.05, 4.69) is 40.0 Å². The first-order chi connectivity index (χ1) is 10.7. The van der Waals surface area contributed by atoms with Gasteiger partial charge in [-0.25, -0.2) is 4.98 Å². The lowest BCUT2D eigenvalue weighted by molar-refractivity contribution is -0.611. The second-order valence-corrected chi connectivity index (χ2v) is 6.70. The summed E-state index contributed by atoms with van der Waals surface area (Å²) >= 11 is 0. The lowest BCUT2D eigenvalue weighted by Crippen LogP contribution is -2.78. The second-order valence-electron chi connectivity index (χ2n) is 6.70. The number of halogens is 1. The Kier molecular flexibility index (Phi) is 4.61. The molecule has 1 aromatic rings. The number of quaternary nitrogens is 1. The highest BCUT2D eigenvalue weighted by Crippen LogP contribution is 2.41. The first-order valence-electron chi connectivity index (χ1n) is 7.28. The van der Waals surface area contributed by atoms with E-state index in [1.165, 1.54) is 18.3 Å². The molecule has 0 bridgehead atoms. The second kappa shape index (κ2) is 6.16. The smallest absolute Gasteiger partial charge is 0.213 e. The number of nitrogens with zero attached hydrogens (tertiary/aromatic N) is 6. The summed E-state index contributed by atoms with van der Waals surface area (Å²) < 4.78 is 13.2. The quantitative estimate of drug-likeness (QED) is 0.512. The van der Waals surface area contributed by atoms with Gasteiger partial charge in [-0.2, -0.15) is 10.4 Å². The van der Waals surface area contributed by atoms with Crippen molar-refractivity contribution >= 4 is 17.7 Å². The molecule has 7 nitrogen and oxygen atoms in total. The molecule has 0 saturated carbocycles. The van der Waals surface area contributed by atoms with Gasteiger partial charge in [0.2, 0.25) is 5.95 Å². The third-order valence-electron chi connectivity index (χ3n) is 4.30. The third-order valence-corrected chi connectivity index (χ3v) is 4.30. The Bertz CT molecular complexity index is 662. The molecule has 3 N–H and O–H groups in total. The summed E-state index contributed by atoms with van der Waals surface area (Å²) in [7, 11) is 0. The maximum Gasteiger partial charge on any atom is 0.213 e. The number of hydrogen-bond donors (Lipinski definition) is 1. The van der Waals surface area contributed by atoms with Gasteiger partial charge in [-0.3, -0.25) is 5.84 Å².